The minimum Gasteiger partial charge on any atom is -0.396 e. The topological polar surface area (TPSA) is 90.4 Å². The van der Waals surface area contributed by atoms with E-state index in [1.165, 1.54) is 0 Å². The number of ether oxygens (including phenoxy) is 1. The summed E-state index contributed by atoms with van der Waals surface area (Å²) in [6.45, 7) is 11.8. The molecular weight excluding hydrogens is 578 g/mol. The van der Waals surface area contributed by atoms with Gasteiger partial charge in [0.05, 0.1) is 17.4 Å². The lowest BCUT2D eigenvalue weighted by Gasteiger charge is -2.37. The van der Waals surface area contributed by atoms with Gasteiger partial charge in [0, 0.05) is 39.3 Å². The van der Waals surface area contributed by atoms with Crippen LogP contribution in [0.5, 0.6) is 0 Å². The highest BCUT2D eigenvalue weighted by molar-refractivity contribution is 5.99. The molecule has 0 aliphatic carbocycles. The zero-order chi connectivity index (χ0) is 32.7. The summed E-state index contributed by atoms with van der Waals surface area (Å²) in [7, 11) is 0. The van der Waals surface area contributed by atoms with Gasteiger partial charge in [-0.05, 0) is 43.2 Å². The molecule has 0 aromatic heterocycles. The maximum Gasteiger partial charge on any atom is 0.248 e. The molecule has 3 fully saturated rings. The van der Waals surface area contributed by atoms with Crippen molar-refractivity contribution in [1.82, 2.24) is 14.7 Å². The molecule has 8 nitrogen and oxygen atoms in total. The van der Waals surface area contributed by atoms with Crippen LogP contribution in [0.3, 0.4) is 0 Å². The van der Waals surface area contributed by atoms with Gasteiger partial charge in [0.25, 0.3) is 0 Å². The number of nitrogens with zero attached hydrogens (tertiary/aromatic N) is 3. The Morgan fingerprint density at radius 3 is 2.00 bits per heavy atom. The van der Waals surface area contributed by atoms with Crippen molar-refractivity contribution in [3.05, 3.63) is 97.1 Å². The van der Waals surface area contributed by atoms with E-state index in [1.54, 1.807) is 26.9 Å². The Bertz CT molecular complexity index is 1380. The predicted molar refractivity (Wildman–Crippen MR) is 178 cm³/mol. The molecule has 2 aromatic carbocycles. The number of likely N-dealkylation sites (tertiary alicyclic amines) is 1. The number of hydrogen-bond donors (Lipinski definition) is 1. The van der Waals surface area contributed by atoms with Crippen molar-refractivity contribution in [1.29, 1.82) is 0 Å². The van der Waals surface area contributed by atoms with Crippen LogP contribution >= 0.6 is 0 Å². The number of benzene rings is 2. The summed E-state index contributed by atoms with van der Waals surface area (Å²) in [5.41, 5.74) is 0.0842. The van der Waals surface area contributed by atoms with E-state index in [0.29, 0.717) is 64.8 Å². The van der Waals surface area contributed by atoms with Gasteiger partial charge in [-0.3, -0.25) is 14.4 Å². The number of hydrogen-bond acceptors (Lipinski definition) is 5. The smallest absolute Gasteiger partial charge is 0.248 e. The molecule has 0 radical (unpaired) electrons. The summed E-state index contributed by atoms with van der Waals surface area (Å²) >= 11 is 0. The van der Waals surface area contributed by atoms with E-state index >= 15 is 0 Å². The molecule has 2 aromatic rings. The van der Waals surface area contributed by atoms with Gasteiger partial charge >= 0.3 is 0 Å². The minimum absolute atomic E-state index is 0.117. The zero-order valence-electron chi connectivity index (χ0n) is 27.2. The quantitative estimate of drug-likeness (QED) is 0.194. The molecule has 46 heavy (non-hydrogen) atoms. The van der Waals surface area contributed by atoms with Crippen LogP contribution in [0, 0.1) is 11.8 Å². The van der Waals surface area contributed by atoms with E-state index in [-0.39, 0.29) is 24.3 Å². The first-order valence-corrected chi connectivity index (χ1v) is 16.8. The monoisotopic (exact) mass is 627 g/mol. The van der Waals surface area contributed by atoms with Crippen LogP contribution in [0.25, 0.3) is 0 Å². The molecule has 3 heterocycles. The molecule has 3 saturated heterocycles. The van der Waals surface area contributed by atoms with Crippen molar-refractivity contribution in [2.75, 3.05) is 26.2 Å². The van der Waals surface area contributed by atoms with Crippen molar-refractivity contribution < 1.29 is 24.2 Å². The van der Waals surface area contributed by atoms with Crippen molar-refractivity contribution >= 4 is 17.7 Å². The fourth-order valence-corrected chi connectivity index (χ4v) is 8.11. The van der Waals surface area contributed by atoms with Gasteiger partial charge < -0.3 is 24.5 Å². The second-order valence-electron chi connectivity index (χ2n) is 13.0. The Labute approximate surface area is 273 Å². The molecule has 3 aliphatic heterocycles. The molecular formula is C38H49N3O5. The zero-order valence-corrected chi connectivity index (χ0v) is 27.2. The summed E-state index contributed by atoms with van der Waals surface area (Å²) in [6, 6.07) is 18.8. The van der Waals surface area contributed by atoms with Gasteiger partial charge in [0.1, 0.15) is 11.6 Å². The molecule has 1 spiro atoms. The average Bonchev–Trinajstić information content (AvgIpc) is 3.68. The number of amides is 3. The summed E-state index contributed by atoms with van der Waals surface area (Å²) in [5.74, 6) is -1.88. The second kappa shape index (κ2) is 14.8. The van der Waals surface area contributed by atoms with Crippen LogP contribution in [0.1, 0.15) is 63.0 Å². The SMILES string of the molecule is C=CCN(Cc1ccccc1)C(=O)C1N(CCCCCCO)C(=O)[C@@H]2[C@@H](C(=O)N(CC=C)Cc3ccccc3)[C@@]3(CC)CCC12O3. The molecule has 246 valence electrons. The van der Waals surface area contributed by atoms with E-state index in [2.05, 4.69) is 13.2 Å². The first-order valence-electron chi connectivity index (χ1n) is 16.8. The summed E-state index contributed by atoms with van der Waals surface area (Å²) in [4.78, 5) is 49.4. The molecule has 3 aliphatic rings. The molecule has 5 rings (SSSR count). The maximum absolute atomic E-state index is 14.8. The first-order chi connectivity index (χ1) is 22.4. The third kappa shape index (κ3) is 6.29. The largest absolute Gasteiger partial charge is 0.396 e. The fraction of sp³-hybridized carbons (Fsp3) is 0.500. The highest BCUT2D eigenvalue weighted by atomic mass is 16.5. The van der Waals surface area contributed by atoms with Gasteiger partial charge in [0.15, 0.2) is 0 Å². The summed E-state index contributed by atoms with van der Waals surface area (Å²) < 4.78 is 7.05. The second-order valence-corrected chi connectivity index (χ2v) is 13.0. The average molecular weight is 628 g/mol. The fourth-order valence-electron chi connectivity index (χ4n) is 8.11. The van der Waals surface area contributed by atoms with Crippen LogP contribution in [0.15, 0.2) is 86.0 Å². The summed E-state index contributed by atoms with van der Waals surface area (Å²) in [6.07, 6.45) is 8.25. The number of aliphatic hydroxyl groups excluding tert-OH is 1. The van der Waals surface area contributed by atoms with Gasteiger partial charge in [-0.2, -0.15) is 0 Å². The molecule has 3 amide bonds. The van der Waals surface area contributed by atoms with E-state index in [4.69, 9.17) is 4.74 Å². The Kier molecular flexibility index (Phi) is 10.8. The van der Waals surface area contributed by atoms with E-state index in [9.17, 15) is 19.5 Å². The number of carbonyl (C=O) groups is 3. The molecule has 8 heteroatoms. The molecule has 0 saturated carbocycles. The van der Waals surface area contributed by atoms with Crippen LogP contribution in [0.2, 0.25) is 0 Å². The minimum atomic E-state index is -1.09. The van der Waals surface area contributed by atoms with E-state index in [1.807, 2.05) is 67.6 Å². The number of carbonyl (C=O) groups excluding carboxylic acids is 3. The number of unbranched alkanes of at least 4 members (excludes halogenated alkanes) is 3. The molecule has 1 N–H and O–H groups in total. The molecule has 5 atom stereocenters. The van der Waals surface area contributed by atoms with Crippen molar-refractivity contribution in [3.8, 4) is 0 Å². The third-order valence-electron chi connectivity index (χ3n) is 10.2. The van der Waals surface area contributed by atoms with Gasteiger partial charge in [0.2, 0.25) is 17.7 Å². The normalized spacial score (nSPS) is 26.2. The van der Waals surface area contributed by atoms with Gasteiger partial charge in [-0.1, -0.05) is 92.6 Å². The van der Waals surface area contributed by atoms with E-state index < -0.39 is 29.1 Å². The van der Waals surface area contributed by atoms with Crippen LogP contribution in [0.4, 0.5) is 0 Å². The predicted octanol–water partition coefficient (Wildman–Crippen LogP) is 5.12. The van der Waals surface area contributed by atoms with Crippen molar-refractivity contribution in [2.24, 2.45) is 11.8 Å². The Morgan fingerprint density at radius 1 is 0.891 bits per heavy atom. The number of rotatable bonds is 17. The molecule has 2 bridgehead atoms. The third-order valence-corrected chi connectivity index (χ3v) is 10.2. The lowest BCUT2D eigenvalue weighted by atomic mass is 9.64. The van der Waals surface area contributed by atoms with Crippen molar-refractivity contribution in [3.63, 3.8) is 0 Å². The van der Waals surface area contributed by atoms with Crippen LogP contribution < -0.4 is 0 Å². The van der Waals surface area contributed by atoms with E-state index in [0.717, 1.165) is 24.0 Å². The Balaban J connectivity index is 1.52. The standard InChI is InChI=1S/C38H49N3O5/c1-4-23-39(27-29-17-11-9-12-18-29)34(43)31-32-35(44)41(25-15-7-8-16-26-42)33(38(32)22-21-37(31,6-3)46-38)36(45)40(24-5-2)28-30-19-13-10-14-20-30/h4-5,9-14,17-20,31-33,42H,1-2,6-8,15-16,21-28H2,3H3/t31-,32-,33?,37+,38?/m0/s1. The number of aliphatic hydroxyl groups is 1. The molecule has 2 unspecified atom stereocenters. The van der Waals surface area contributed by atoms with Gasteiger partial charge in [-0.15, -0.1) is 13.2 Å². The lowest BCUT2D eigenvalue weighted by molar-refractivity contribution is -0.155. The summed E-state index contributed by atoms with van der Waals surface area (Å²) in [5, 5.41) is 9.27. The van der Waals surface area contributed by atoms with Crippen molar-refractivity contribution in [2.45, 2.75) is 82.2 Å². The lowest BCUT2D eigenvalue weighted by Crippen LogP contribution is -2.56. The number of fused-ring (bicyclic) bond motifs is 1. The highest BCUT2D eigenvalue weighted by Crippen LogP contribution is 2.64. The first kappa shape index (κ1) is 33.6. The van der Waals surface area contributed by atoms with Gasteiger partial charge in [-0.25, -0.2) is 0 Å². The Morgan fingerprint density at radius 2 is 1.46 bits per heavy atom. The Hall–Kier alpha value is -3.75. The van der Waals surface area contributed by atoms with Crippen LogP contribution in [-0.4, -0.2) is 81.0 Å². The van der Waals surface area contributed by atoms with Crippen LogP contribution in [-0.2, 0) is 32.2 Å². The highest BCUT2D eigenvalue weighted by Gasteiger charge is 2.79. The maximum atomic E-state index is 14.8.